The second kappa shape index (κ2) is 5.75. The highest BCUT2D eigenvalue weighted by Gasteiger charge is 2.27. The Hall–Kier alpha value is -2.69. The Morgan fingerprint density at radius 2 is 2.00 bits per heavy atom. The lowest BCUT2D eigenvalue weighted by atomic mass is 10.1. The predicted molar refractivity (Wildman–Crippen MR) is 78.4 cm³/mol. The SMILES string of the molecule is CC(c1cccnc1)N1N=C(c2ccccc2)OCC1=O. The first-order chi connectivity index (χ1) is 10.3. The largest absolute Gasteiger partial charge is 0.466 e. The van der Waals surface area contributed by atoms with Crippen molar-refractivity contribution in [2.24, 2.45) is 5.10 Å². The fraction of sp³-hybridized carbons (Fsp3) is 0.188. The number of aromatic nitrogens is 1. The molecule has 1 aromatic carbocycles. The van der Waals surface area contributed by atoms with Gasteiger partial charge in [0.25, 0.3) is 5.91 Å². The molecular formula is C16H15N3O2. The van der Waals surface area contributed by atoms with E-state index < -0.39 is 0 Å². The van der Waals surface area contributed by atoms with Crippen LogP contribution in [0.25, 0.3) is 0 Å². The predicted octanol–water partition coefficient (Wildman–Crippen LogP) is 2.36. The van der Waals surface area contributed by atoms with Gasteiger partial charge in [0.1, 0.15) is 0 Å². The number of hydrazone groups is 1. The molecule has 0 aliphatic carbocycles. The maximum absolute atomic E-state index is 12.1. The van der Waals surface area contributed by atoms with E-state index in [1.807, 2.05) is 49.4 Å². The number of ether oxygens (including phenoxy) is 1. The molecule has 0 saturated heterocycles. The molecule has 1 atom stereocenters. The zero-order valence-corrected chi connectivity index (χ0v) is 11.6. The van der Waals surface area contributed by atoms with Gasteiger partial charge in [-0.2, -0.15) is 0 Å². The van der Waals surface area contributed by atoms with Crippen LogP contribution in [0, 0.1) is 0 Å². The van der Waals surface area contributed by atoms with Gasteiger partial charge in [-0.3, -0.25) is 9.78 Å². The Morgan fingerprint density at radius 3 is 2.71 bits per heavy atom. The van der Waals surface area contributed by atoms with Crippen LogP contribution in [-0.4, -0.2) is 28.4 Å². The number of pyridine rings is 1. The average Bonchev–Trinajstić information content (AvgIpc) is 2.56. The molecule has 0 saturated carbocycles. The molecule has 0 bridgehead atoms. The Kier molecular flexibility index (Phi) is 3.64. The minimum atomic E-state index is -0.186. The summed E-state index contributed by atoms with van der Waals surface area (Å²) in [7, 11) is 0. The summed E-state index contributed by atoms with van der Waals surface area (Å²) in [4.78, 5) is 16.1. The van der Waals surface area contributed by atoms with Crippen molar-refractivity contribution in [3.63, 3.8) is 0 Å². The molecule has 1 unspecified atom stereocenters. The van der Waals surface area contributed by atoms with Gasteiger partial charge in [0, 0.05) is 18.0 Å². The van der Waals surface area contributed by atoms with Crippen LogP contribution < -0.4 is 0 Å². The number of carbonyl (C=O) groups is 1. The number of amides is 1. The molecule has 2 aromatic rings. The molecule has 21 heavy (non-hydrogen) atoms. The second-order valence-corrected chi connectivity index (χ2v) is 4.76. The van der Waals surface area contributed by atoms with Crippen LogP contribution in [0.3, 0.4) is 0 Å². The van der Waals surface area contributed by atoms with Crippen LogP contribution in [0.4, 0.5) is 0 Å². The highest BCUT2D eigenvalue weighted by molar-refractivity contribution is 5.98. The third kappa shape index (κ3) is 2.76. The van der Waals surface area contributed by atoms with E-state index in [-0.39, 0.29) is 18.6 Å². The number of nitrogens with zero attached hydrogens (tertiary/aromatic N) is 3. The highest BCUT2D eigenvalue weighted by atomic mass is 16.5. The van der Waals surface area contributed by atoms with Gasteiger partial charge in [-0.25, -0.2) is 5.01 Å². The van der Waals surface area contributed by atoms with Crippen LogP contribution in [-0.2, 0) is 9.53 Å². The molecule has 0 N–H and O–H groups in total. The summed E-state index contributed by atoms with van der Waals surface area (Å²) in [6.07, 6.45) is 3.45. The zero-order valence-electron chi connectivity index (χ0n) is 11.6. The number of carbonyl (C=O) groups excluding carboxylic acids is 1. The van der Waals surface area contributed by atoms with Gasteiger partial charge in [-0.1, -0.05) is 24.3 Å². The van der Waals surface area contributed by atoms with Gasteiger partial charge >= 0.3 is 0 Å². The number of rotatable bonds is 3. The van der Waals surface area contributed by atoms with Crippen LogP contribution in [0.2, 0.25) is 0 Å². The van der Waals surface area contributed by atoms with Crippen LogP contribution in [0.5, 0.6) is 0 Å². The van der Waals surface area contributed by atoms with E-state index in [1.54, 1.807) is 12.4 Å². The van der Waals surface area contributed by atoms with E-state index in [1.165, 1.54) is 5.01 Å². The molecule has 2 heterocycles. The molecule has 0 radical (unpaired) electrons. The normalized spacial score (nSPS) is 16.1. The quantitative estimate of drug-likeness (QED) is 0.868. The highest BCUT2D eigenvalue weighted by Crippen LogP contribution is 2.22. The standard InChI is InChI=1S/C16H15N3O2/c1-12(14-8-5-9-17-10-14)19-15(20)11-21-16(18-19)13-6-3-2-4-7-13/h2-10,12H,11H2,1H3. The summed E-state index contributed by atoms with van der Waals surface area (Å²) < 4.78 is 5.44. The van der Waals surface area contributed by atoms with Crippen molar-refractivity contribution in [3.05, 3.63) is 66.0 Å². The molecule has 0 fully saturated rings. The Labute approximate surface area is 122 Å². The Morgan fingerprint density at radius 1 is 1.19 bits per heavy atom. The molecule has 106 valence electrons. The van der Waals surface area contributed by atoms with Crippen molar-refractivity contribution < 1.29 is 9.53 Å². The Bertz CT molecular complexity index is 656. The molecular weight excluding hydrogens is 266 g/mol. The van der Waals surface area contributed by atoms with Crippen LogP contribution >= 0.6 is 0 Å². The van der Waals surface area contributed by atoms with Crippen LogP contribution in [0.1, 0.15) is 24.1 Å². The summed E-state index contributed by atoms with van der Waals surface area (Å²) in [5.74, 6) is 0.303. The van der Waals surface area contributed by atoms with E-state index in [0.717, 1.165) is 11.1 Å². The lowest BCUT2D eigenvalue weighted by molar-refractivity contribution is -0.138. The molecule has 3 rings (SSSR count). The summed E-state index contributed by atoms with van der Waals surface area (Å²) in [5.41, 5.74) is 1.79. The second-order valence-electron chi connectivity index (χ2n) is 4.76. The van der Waals surface area contributed by atoms with E-state index in [9.17, 15) is 4.79 Å². The van der Waals surface area contributed by atoms with Crippen molar-refractivity contribution >= 4 is 11.8 Å². The lowest BCUT2D eigenvalue weighted by Gasteiger charge is -2.28. The minimum Gasteiger partial charge on any atom is -0.466 e. The molecule has 1 aliphatic heterocycles. The van der Waals surface area contributed by atoms with Crippen molar-refractivity contribution in [2.75, 3.05) is 6.61 Å². The molecule has 5 nitrogen and oxygen atoms in total. The zero-order chi connectivity index (χ0) is 14.7. The van der Waals surface area contributed by atoms with E-state index >= 15 is 0 Å². The first-order valence-corrected chi connectivity index (χ1v) is 6.74. The summed E-state index contributed by atoms with van der Waals surface area (Å²) in [6, 6.07) is 13.1. The third-order valence-electron chi connectivity index (χ3n) is 3.34. The van der Waals surface area contributed by atoms with Crippen molar-refractivity contribution in [1.29, 1.82) is 0 Å². The minimum absolute atomic E-state index is 0.00166. The van der Waals surface area contributed by atoms with Crippen molar-refractivity contribution in [1.82, 2.24) is 9.99 Å². The lowest BCUT2D eigenvalue weighted by Crippen LogP contribution is -2.38. The summed E-state index contributed by atoms with van der Waals surface area (Å²) >= 11 is 0. The fourth-order valence-electron chi connectivity index (χ4n) is 2.17. The molecule has 1 aromatic heterocycles. The molecule has 0 spiro atoms. The first kappa shape index (κ1) is 13.3. The number of hydrogen-bond donors (Lipinski definition) is 0. The fourth-order valence-corrected chi connectivity index (χ4v) is 2.17. The number of hydrogen-bond acceptors (Lipinski definition) is 4. The van der Waals surface area contributed by atoms with E-state index in [2.05, 4.69) is 10.1 Å². The summed E-state index contributed by atoms with van der Waals surface area (Å²) in [5, 5.41) is 5.82. The maximum Gasteiger partial charge on any atom is 0.281 e. The summed E-state index contributed by atoms with van der Waals surface area (Å²) in [6.45, 7) is 1.92. The van der Waals surface area contributed by atoms with Gasteiger partial charge < -0.3 is 4.74 Å². The van der Waals surface area contributed by atoms with Gasteiger partial charge in [0.05, 0.1) is 6.04 Å². The number of benzene rings is 1. The van der Waals surface area contributed by atoms with E-state index in [0.29, 0.717) is 5.90 Å². The van der Waals surface area contributed by atoms with E-state index in [4.69, 9.17) is 4.74 Å². The Balaban J connectivity index is 1.91. The van der Waals surface area contributed by atoms with Gasteiger partial charge in [-0.15, -0.1) is 5.10 Å². The third-order valence-corrected chi connectivity index (χ3v) is 3.34. The maximum atomic E-state index is 12.1. The van der Waals surface area contributed by atoms with Gasteiger partial charge in [0.15, 0.2) is 6.61 Å². The average molecular weight is 281 g/mol. The monoisotopic (exact) mass is 281 g/mol. The van der Waals surface area contributed by atoms with Crippen molar-refractivity contribution in [2.45, 2.75) is 13.0 Å². The van der Waals surface area contributed by atoms with Gasteiger partial charge in [-0.05, 0) is 30.7 Å². The molecule has 1 aliphatic rings. The van der Waals surface area contributed by atoms with Crippen molar-refractivity contribution in [3.8, 4) is 0 Å². The molecule has 1 amide bonds. The smallest absolute Gasteiger partial charge is 0.281 e. The molecule has 5 heteroatoms. The first-order valence-electron chi connectivity index (χ1n) is 6.74. The van der Waals surface area contributed by atoms with Gasteiger partial charge in [0.2, 0.25) is 5.90 Å². The topological polar surface area (TPSA) is 54.8 Å². The van der Waals surface area contributed by atoms with Crippen LogP contribution in [0.15, 0.2) is 60.0 Å².